The molecule has 1 fully saturated rings. The van der Waals surface area contributed by atoms with Crippen LogP contribution in [-0.4, -0.2) is 51.8 Å². The third-order valence-electron chi connectivity index (χ3n) is 4.89. The summed E-state index contributed by atoms with van der Waals surface area (Å²) in [5.41, 5.74) is -0.854. The standard InChI is InChI=1S/C22H26F4N4O3/c1-21(2,3)33-20(31)30-9-8-17(29-19-27-10-16(23)11-28-19)18(12-30)32-13-14-4-6-15(7-5-14)22(24,25)26/h4-7,10-11,17-18H,8-9,12-13H2,1-3H3,(H,27,28,29). The van der Waals surface area contributed by atoms with Gasteiger partial charge in [0.05, 0.1) is 43.3 Å². The van der Waals surface area contributed by atoms with E-state index in [1.165, 1.54) is 17.0 Å². The number of ether oxygens (including phenoxy) is 2. The fourth-order valence-corrected chi connectivity index (χ4v) is 3.29. The van der Waals surface area contributed by atoms with Gasteiger partial charge in [-0.2, -0.15) is 13.2 Å². The molecule has 1 saturated heterocycles. The first-order valence-corrected chi connectivity index (χ1v) is 10.4. The van der Waals surface area contributed by atoms with Crippen LogP contribution in [0.5, 0.6) is 0 Å². The maximum Gasteiger partial charge on any atom is 0.416 e. The molecule has 2 atom stereocenters. The van der Waals surface area contributed by atoms with Gasteiger partial charge < -0.3 is 19.7 Å². The molecule has 1 aliphatic heterocycles. The number of rotatable bonds is 5. The number of benzene rings is 1. The van der Waals surface area contributed by atoms with E-state index >= 15 is 0 Å². The van der Waals surface area contributed by atoms with Crippen molar-refractivity contribution in [3.05, 3.63) is 53.6 Å². The zero-order valence-corrected chi connectivity index (χ0v) is 18.5. The number of aromatic nitrogens is 2. The minimum Gasteiger partial charge on any atom is -0.444 e. The molecule has 180 valence electrons. The molecule has 0 saturated carbocycles. The summed E-state index contributed by atoms with van der Waals surface area (Å²) in [6, 6.07) is 4.37. The van der Waals surface area contributed by atoms with Gasteiger partial charge in [0.25, 0.3) is 0 Å². The monoisotopic (exact) mass is 470 g/mol. The first-order valence-electron chi connectivity index (χ1n) is 10.4. The van der Waals surface area contributed by atoms with Crippen molar-refractivity contribution in [1.82, 2.24) is 14.9 Å². The zero-order valence-electron chi connectivity index (χ0n) is 18.5. The maximum absolute atomic E-state index is 13.1. The lowest BCUT2D eigenvalue weighted by atomic mass is 10.0. The predicted octanol–water partition coefficient (Wildman–Crippen LogP) is 4.64. The Morgan fingerprint density at radius 2 is 1.79 bits per heavy atom. The molecule has 0 spiro atoms. The number of carbonyl (C=O) groups is 1. The Labute approximate surface area is 189 Å². The highest BCUT2D eigenvalue weighted by molar-refractivity contribution is 5.68. The maximum atomic E-state index is 13.1. The predicted molar refractivity (Wildman–Crippen MR) is 112 cm³/mol. The number of likely N-dealkylation sites (tertiary alicyclic amines) is 1. The van der Waals surface area contributed by atoms with E-state index in [-0.39, 0.29) is 25.1 Å². The Morgan fingerprint density at radius 1 is 1.15 bits per heavy atom. The van der Waals surface area contributed by atoms with Crippen LogP contribution in [0.2, 0.25) is 0 Å². The number of anilines is 1. The fourth-order valence-electron chi connectivity index (χ4n) is 3.29. The molecular formula is C22H26F4N4O3. The van der Waals surface area contributed by atoms with E-state index in [9.17, 15) is 22.4 Å². The molecule has 7 nitrogen and oxygen atoms in total. The van der Waals surface area contributed by atoms with Crippen molar-refractivity contribution in [1.29, 1.82) is 0 Å². The van der Waals surface area contributed by atoms with E-state index in [0.29, 0.717) is 18.5 Å². The van der Waals surface area contributed by atoms with Crippen LogP contribution in [0.1, 0.15) is 38.3 Å². The fraction of sp³-hybridized carbons (Fsp3) is 0.500. The first kappa shape index (κ1) is 24.7. The average molecular weight is 470 g/mol. The van der Waals surface area contributed by atoms with Crippen LogP contribution >= 0.6 is 0 Å². The molecule has 2 unspecified atom stereocenters. The SMILES string of the molecule is CC(C)(C)OC(=O)N1CCC(Nc2ncc(F)cn2)C(OCc2ccc(C(F)(F)F)cc2)C1. The van der Waals surface area contributed by atoms with Gasteiger partial charge in [-0.3, -0.25) is 0 Å². The van der Waals surface area contributed by atoms with Gasteiger partial charge in [-0.1, -0.05) is 12.1 Å². The molecule has 1 N–H and O–H groups in total. The van der Waals surface area contributed by atoms with Crippen molar-refractivity contribution < 1.29 is 31.8 Å². The van der Waals surface area contributed by atoms with E-state index in [1.807, 2.05) is 0 Å². The molecular weight excluding hydrogens is 444 g/mol. The third-order valence-corrected chi connectivity index (χ3v) is 4.89. The molecule has 1 amide bonds. The lowest BCUT2D eigenvalue weighted by Crippen LogP contribution is -2.53. The van der Waals surface area contributed by atoms with Gasteiger partial charge in [0.15, 0.2) is 5.82 Å². The van der Waals surface area contributed by atoms with E-state index in [4.69, 9.17) is 9.47 Å². The molecule has 2 heterocycles. The van der Waals surface area contributed by atoms with Crippen LogP contribution in [0, 0.1) is 5.82 Å². The highest BCUT2D eigenvalue weighted by Crippen LogP contribution is 2.29. The summed E-state index contributed by atoms with van der Waals surface area (Å²) in [6.07, 6.45) is -2.91. The minimum atomic E-state index is -4.42. The minimum absolute atomic E-state index is 0.0351. The van der Waals surface area contributed by atoms with E-state index < -0.39 is 35.4 Å². The van der Waals surface area contributed by atoms with Crippen LogP contribution in [-0.2, 0) is 22.3 Å². The summed E-state index contributed by atoms with van der Waals surface area (Å²) in [5, 5.41) is 3.09. The molecule has 33 heavy (non-hydrogen) atoms. The molecule has 0 bridgehead atoms. The second-order valence-corrected chi connectivity index (χ2v) is 8.73. The summed E-state index contributed by atoms with van der Waals surface area (Å²) in [5.74, 6) is -0.370. The summed E-state index contributed by atoms with van der Waals surface area (Å²) in [7, 11) is 0. The van der Waals surface area contributed by atoms with Crippen molar-refractivity contribution in [3.8, 4) is 0 Å². The molecule has 1 aliphatic rings. The highest BCUT2D eigenvalue weighted by Gasteiger charge is 2.35. The quantitative estimate of drug-likeness (QED) is 0.642. The van der Waals surface area contributed by atoms with Crippen molar-refractivity contribution >= 4 is 12.0 Å². The number of carbonyl (C=O) groups excluding carboxylic acids is 1. The molecule has 11 heteroatoms. The topological polar surface area (TPSA) is 76.6 Å². The van der Waals surface area contributed by atoms with Gasteiger partial charge >= 0.3 is 12.3 Å². The van der Waals surface area contributed by atoms with Gasteiger partial charge in [-0.05, 0) is 44.9 Å². The average Bonchev–Trinajstić information content (AvgIpc) is 2.73. The van der Waals surface area contributed by atoms with Crippen molar-refractivity contribution in [2.24, 2.45) is 0 Å². The summed E-state index contributed by atoms with van der Waals surface area (Å²) in [4.78, 5) is 21.8. The van der Waals surface area contributed by atoms with Crippen molar-refractivity contribution in [3.63, 3.8) is 0 Å². The molecule has 1 aromatic carbocycles. The van der Waals surface area contributed by atoms with Gasteiger partial charge in [-0.15, -0.1) is 0 Å². The number of hydrogen-bond acceptors (Lipinski definition) is 6. The summed E-state index contributed by atoms with van der Waals surface area (Å²) < 4.78 is 62.9. The molecule has 0 radical (unpaired) electrons. The van der Waals surface area contributed by atoms with Crippen LogP contribution < -0.4 is 5.32 Å². The summed E-state index contributed by atoms with van der Waals surface area (Å²) >= 11 is 0. The Balaban J connectivity index is 1.70. The van der Waals surface area contributed by atoms with E-state index in [0.717, 1.165) is 24.5 Å². The van der Waals surface area contributed by atoms with Gasteiger partial charge in [0.2, 0.25) is 5.95 Å². The molecule has 3 rings (SSSR count). The van der Waals surface area contributed by atoms with Gasteiger partial charge in [0.1, 0.15) is 5.60 Å². The number of hydrogen-bond donors (Lipinski definition) is 1. The van der Waals surface area contributed by atoms with Crippen molar-refractivity contribution in [2.75, 3.05) is 18.4 Å². The Bertz CT molecular complexity index is 931. The largest absolute Gasteiger partial charge is 0.444 e. The van der Waals surface area contributed by atoms with Crippen molar-refractivity contribution in [2.45, 2.75) is 57.7 Å². The lowest BCUT2D eigenvalue weighted by Gasteiger charge is -2.39. The van der Waals surface area contributed by atoms with Gasteiger partial charge in [-0.25, -0.2) is 19.2 Å². The first-order chi connectivity index (χ1) is 15.4. The van der Waals surface area contributed by atoms with Crippen LogP contribution in [0.4, 0.5) is 28.3 Å². The van der Waals surface area contributed by atoms with Crippen LogP contribution in [0.3, 0.4) is 0 Å². The van der Waals surface area contributed by atoms with Crippen LogP contribution in [0.25, 0.3) is 0 Å². The molecule has 1 aromatic heterocycles. The summed E-state index contributed by atoms with van der Waals surface area (Å²) in [6.45, 7) is 5.91. The zero-order chi connectivity index (χ0) is 24.2. The Kier molecular flexibility index (Phi) is 7.41. The molecule has 0 aliphatic carbocycles. The number of nitrogens with zero attached hydrogens (tertiary/aromatic N) is 3. The number of alkyl halides is 3. The smallest absolute Gasteiger partial charge is 0.416 e. The number of piperidine rings is 1. The lowest BCUT2D eigenvalue weighted by molar-refractivity contribution is -0.137. The normalized spacial score (nSPS) is 19.3. The number of amides is 1. The Morgan fingerprint density at radius 3 is 2.36 bits per heavy atom. The molecule has 2 aromatic rings. The second-order valence-electron chi connectivity index (χ2n) is 8.73. The highest BCUT2D eigenvalue weighted by atomic mass is 19.4. The number of halogens is 4. The van der Waals surface area contributed by atoms with Gasteiger partial charge in [0, 0.05) is 6.54 Å². The van der Waals surface area contributed by atoms with E-state index in [2.05, 4.69) is 15.3 Å². The number of nitrogens with one attached hydrogen (secondary N) is 1. The third kappa shape index (κ3) is 7.28. The second kappa shape index (κ2) is 9.90. The Hall–Kier alpha value is -2.95. The van der Waals surface area contributed by atoms with Crippen LogP contribution in [0.15, 0.2) is 36.7 Å². The van der Waals surface area contributed by atoms with E-state index in [1.54, 1.807) is 20.8 Å².